The average Bonchev–Trinajstić information content (AvgIpc) is 2.40. The van der Waals surface area contributed by atoms with Crippen molar-refractivity contribution in [1.29, 1.82) is 0 Å². The third-order valence-corrected chi connectivity index (χ3v) is 3.82. The molecule has 5 heteroatoms. The average molecular weight is 258 g/mol. The van der Waals surface area contributed by atoms with Crippen molar-refractivity contribution in [1.82, 2.24) is 0 Å². The van der Waals surface area contributed by atoms with Crippen molar-refractivity contribution in [3.63, 3.8) is 0 Å². The van der Waals surface area contributed by atoms with E-state index in [1.807, 2.05) is 0 Å². The molecule has 0 aromatic carbocycles. The number of morpholine rings is 1. The molecular weight excluding hydrogens is 234 g/mol. The lowest BCUT2D eigenvalue weighted by Crippen LogP contribution is -3.15. The fraction of sp³-hybridized carbons (Fsp3) is 0.923. The van der Waals surface area contributed by atoms with Gasteiger partial charge in [-0.2, -0.15) is 0 Å². The topological polar surface area (TPSA) is 49.2 Å². The molecule has 0 bridgehead atoms. The highest BCUT2D eigenvalue weighted by molar-refractivity contribution is 5.70. The van der Waals surface area contributed by atoms with Crippen LogP contribution in [0.3, 0.4) is 0 Å². The Morgan fingerprint density at radius 3 is 2.56 bits per heavy atom. The van der Waals surface area contributed by atoms with Crippen molar-refractivity contribution >= 4 is 5.97 Å². The van der Waals surface area contributed by atoms with Gasteiger partial charge in [0.25, 0.3) is 0 Å². The van der Waals surface area contributed by atoms with Crippen LogP contribution >= 0.6 is 0 Å². The predicted octanol–water partition coefficient (Wildman–Crippen LogP) is -0.598. The molecular formula is C13H24NO4+. The second kappa shape index (κ2) is 7.07. The maximum Gasteiger partial charge on any atom is 0.362 e. The van der Waals surface area contributed by atoms with E-state index in [0.717, 1.165) is 45.6 Å². The fourth-order valence-corrected chi connectivity index (χ4v) is 2.72. The van der Waals surface area contributed by atoms with Gasteiger partial charge in [0.15, 0.2) is 6.54 Å². The normalized spacial score (nSPS) is 30.1. The zero-order chi connectivity index (χ0) is 12.8. The van der Waals surface area contributed by atoms with Crippen molar-refractivity contribution in [2.75, 3.05) is 40.0 Å². The summed E-state index contributed by atoms with van der Waals surface area (Å²) in [4.78, 5) is 13.2. The van der Waals surface area contributed by atoms with Crippen LogP contribution in [0, 0.1) is 0 Å². The lowest BCUT2D eigenvalue weighted by atomic mass is 9.94. The summed E-state index contributed by atoms with van der Waals surface area (Å²) >= 11 is 0. The van der Waals surface area contributed by atoms with Gasteiger partial charge in [0.1, 0.15) is 19.2 Å². The standard InChI is InChI=1S/C13H23NO4/c1-16-11-4-2-3-5-12(11)18-13(15)10-14-6-8-17-9-7-14/h11-12H,2-10H2,1H3/p+1/t11-,12-/m0/s1. The first-order valence-electron chi connectivity index (χ1n) is 6.93. The van der Waals surface area contributed by atoms with Crippen LogP contribution < -0.4 is 4.90 Å². The van der Waals surface area contributed by atoms with Gasteiger partial charge in [0, 0.05) is 7.11 Å². The Labute approximate surface area is 108 Å². The van der Waals surface area contributed by atoms with E-state index in [0.29, 0.717) is 6.54 Å². The summed E-state index contributed by atoms with van der Waals surface area (Å²) in [5.74, 6) is -0.0964. The highest BCUT2D eigenvalue weighted by Crippen LogP contribution is 2.23. The summed E-state index contributed by atoms with van der Waals surface area (Å²) in [7, 11) is 1.70. The van der Waals surface area contributed by atoms with Crippen LogP contribution in [0.5, 0.6) is 0 Å². The summed E-state index contributed by atoms with van der Waals surface area (Å²) in [5.41, 5.74) is 0. The van der Waals surface area contributed by atoms with E-state index in [-0.39, 0.29) is 18.2 Å². The molecule has 0 aromatic heterocycles. The van der Waals surface area contributed by atoms with Crippen LogP contribution in [0.15, 0.2) is 0 Å². The van der Waals surface area contributed by atoms with Crippen LogP contribution in [-0.2, 0) is 19.0 Å². The van der Waals surface area contributed by atoms with Crippen LogP contribution in [0.2, 0.25) is 0 Å². The number of quaternary nitrogens is 1. The van der Waals surface area contributed by atoms with Crippen molar-refractivity contribution in [2.45, 2.75) is 37.9 Å². The number of carbonyl (C=O) groups excluding carboxylic acids is 1. The van der Waals surface area contributed by atoms with Gasteiger partial charge in [0.05, 0.1) is 19.3 Å². The number of methoxy groups -OCH3 is 1. The Kier molecular flexibility index (Phi) is 5.41. The minimum absolute atomic E-state index is 0.0447. The monoisotopic (exact) mass is 258 g/mol. The maximum absolute atomic E-state index is 11.9. The summed E-state index contributed by atoms with van der Waals surface area (Å²) in [6, 6.07) is 0. The molecule has 2 aliphatic rings. The Balaban J connectivity index is 1.75. The molecule has 1 heterocycles. The van der Waals surface area contributed by atoms with Crippen LogP contribution in [-0.4, -0.2) is 58.1 Å². The van der Waals surface area contributed by atoms with E-state index >= 15 is 0 Å². The highest BCUT2D eigenvalue weighted by atomic mass is 16.6. The van der Waals surface area contributed by atoms with E-state index in [4.69, 9.17) is 14.2 Å². The minimum atomic E-state index is -0.0964. The van der Waals surface area contributed by atoms with Crippen LogP contribution in [0.1, 0.15) is 25.7 Å². The van der Waals surface area contributed by atoms with Crippen LogP contribution in [0.25, 0.3) is 0 Å². The first-order chi connectivity index (χ1) is 8.79. The first kappa shape index (κ1) is 13.8. The molecule has 1 N–H and O–H groups in total. The van der Waals surface area contributed by atoms with E-state index in [1.165, 1.54) is 11.3 Å². The van der Waals surface area contributed by atoms with Gasteiger partial charge < -0.3 is 19.1 Å². The highest BCUT2D eigenvalue weighted by Gasteiger charge is 2.29. The van der Waals surface area contributed by atoms with Gasteiger partial charge >= 0.3 is 5.97 Å². The molecule has 0 unspecified atom stereocenters. The van der Waals surface area contributed by atoms with E-state index in [1.54, 1.807) is 7.11 Å². The third-order valence-electron chi connectivity index (χ3n) is 3.82. The molecule has 104 valence electrons. The minimum Gasteiger partial charge on any atom is -0.455 e. The number of nitrogens with one attached hydrogen (secondary N) is 1. The molecule has 1 saturated carbocycles. The van der Waals surface area contributed by atoms with Gasteiger partial charge in [-0.3, -0.25) is 0 Å². The molecule has 1 aliphatic heterocycles. The fourth-order valence-electron chi connectivity index (χ4n) is 2.72. The third kappa shape index (κ3) is 3.93. The van der Waals surface area contributed by atoms with Crippen molar-refractivity contribution in [2.24, 2.45) is 0 Å². The molecule has 0 aromatic rings. The van der Waals surface area contributed by atoms with Crippen LogP contribution in [0.4, 0.5) is 0 Å². The second-order valence-electron chi connectivity index (χ2n) is 5.13. The van der Waals surface area contributed by atoms with Gasteiger partial charge in [-0.05, 0) is 19.3 Å². The van der Waals surface area contributed by atoms with Crippen molar-refractivity contribution in [3.05, 3.63) is 0 Å². The predicted molar refractivity (Wildman–Crippen MR) is 65.5 cm³/mol. The molecule has 0 amide bonds. The quantitative estimate of drug-likeness (QED) is 0.684. The molecule has 2 rings (SSSR count). The zero-order valence-electron chi connectivity index (χ0n) is 11.2. The SMILES string of the molecule is CO[C@H]1CCCC[C@@H]1OC(=O)C[NH+]1CCOCC1. The van der Waals surface area contributed by atoms with E-state index < -0.39 is 0 Å². The lowest BCUT2D eigenvalue weighted by molar-refractivity contribution is -0.900. The largest absolute Gasteiger partial charge is 0.455 e. The number of hydrogen-bond donors (Lipinski definition) is 1. The molecule has 1 aliphatic carbocycles. The number of esters is 1. The summed E-state index contributed by atoms with van der Waals surface area (Å²) in [5, 5.41) is 0. The molecule has 0 spiro atoms. The Bertz CT molecular complexity index is 266. The molecule has 2 fully saturated rings. The second-order valence-corrected chi connectivity index (χ2v) is 5.13. The zero-order valence-corrected chi connectivity index (χ0v) is 11.2. The number of hydrogen-bond acceptors (Lipinski definition) is 4. The first-order valence-corrected chi connectivity index (χ1v) is 6.93. The smallest absolute Gasteiger partial charge is 0.362 e. The Hall–Kier alpha value is -0.650. The summed E-state index contributed by atoms with van der Waals surface area (Å²) < 4.78 is 16.2. The molecule has 1 saturated heterocycles. The Morgan fingerprint density at radius 1 is 1.22 bits per heavy atom. The van der Waals surface area contributed by atoms with Gasteiger partial charge in [0.2, 0.25) is 0 Å². The van der Waals surface area contributed by atoms with Crippen molar-refractivity contribution < 1.29 is 23.9 Å². The molecule has 0 radical (unpaired) electrons. The maximum atomic E-state index is 11.9. The Morgan fingerprint density at radius 2 is 1.89 bits per heavy atom. The summed E-state index contributed by atoms with van der Waals surface area (Å²) in [6.45, 7) is 3.73. The lowest BCUT2D eigenvalue weighted by Gasteiger charge is -2.30. The van der Waals surface area contributed by atoms with E-state index in [2.05, 4.69) is 0 Å². The van der Waals surface area contributed by atoms with Gasteiger partial charge in [-0.1, -0.05) is 6.42 Å². The summed E-state index contributed by atoms with van der Waals surface area (Å²) in [6.07, 6.45) is 4.27. The van der Waals surface area contributed by atoms with Gasteiger partial charge in [-0.25, -0.2) is 4.79 Å². The molecule has 18 heavy (non-hydrogen) atoms. The molecule has 5 nitrogen and oxygen atoms in total. The van der Waals surface area contributed by atoms with Crippen molar-refractivity contribution in [3.8, 4) is 0 Å². The van der Waals surface area contributed by atoms with Gasteiger partial charge in [-0.15, -0.1) is 0 Å². The number of ether oxygens (including phenoxy) is 3. The number of rotatable bonds is 4. The molecule has 2 atom stereocenters. The van der Waals surface area contributed by atoms with E-state index in [9.17, 15) is 4.79 Å². The number of carbonyl (C=O) groups is 1.